The van der Waals surface area contributed by atoms with Crippen LogP contribution in [0.1, 0.15) is 12.0 Å². The molecular weight excluding hydrogens is 206 g/mol. The number of ether oxygens (including phenoxy) is 1. The van der Waals surface area contributed by atoms with Crippen LogP contribution in [0, 0.1) is 6.92 Å². The molecule has 0 radical (unpaired) electrons. The van der Waals surface area contributed by atoms with Gasteiger partial charge in [-0.25, -0.2) is 0 Å². The van der Waals surface area contributed by atoms with Gasteiger partial charge in [-0.2, -0.15) is 0 Å². The fourth-order valence-corrected chi connectivity index (χ4v) is 2.95. The van der Waals surface area contributed by atoms with Crippen LogP contribution in [0.3, 0.4) is 0 Å². The molecule has 3 heteroatoms. The van der Waals surface area contributed by atoms with Crippen molar-refractivity contribution in [1.82, 2.24) is 0 Å². The Kier molecular flexibility index (Phi) is 3.67. The van der Waals surface area contributed by atoms with Crippen LogP contribution >= 0.6 is 11.8 Å². The van der Waals surface area contributed by atoms with Crippen LogP contribution in [0.15, 0.2) is 29.2 Å². The van der Waals surface area contributed by atoms with E-state index in [1.54, 1.807) is 0 Å². The Balaban J connectivity index is 2.01. The average Bonchev–Trinajstić information content (AvgIpc) is 2.22. The molecule has 0 aliphatic carbocycles. The third-order valence-corrected chi connectivity index (χ3v) is 3.95. The topological polar surface area (TPSA) is 35.2 Å². The first kappa shape index (κ1) is 11.0. The van der Waals surface area contributed by atoms with Crippen molar-refractivity contribution in [3.05, 3.63) is 29.8 Å². The molecule has 0 saturated carbocycles. The minimum Gasteiger partial charge on any atom is -0.380 e. The maximum atomic E-state index is 6.06. The molecule has 2 nitrogen and oxygen atoms in total. The standard InChI is InChI=1S/C12H17NOS/c1-9-3-2-4-10(7-9)15-12-8-14-6-5-11(12)13/h2-4,7,11-12H,5-6,8,13H2,1H3. The first-order chi connectivity index (χ1) is 7.25. The molecule has 1 aromatic carbocycles. The number of rotatable bonds is 2. The van der Waals surface area contributed by atoms with Crippen LogP contribution in [-0.2, 0) is 4.74 Å². The highest BCUT2D eigenvalue weighted by atomic mass is 32.2. The zero-order valence-corrected chi connectivity index (χ0v) is 9.80. The lowest BCUT2D eigenvalue weighted by atomic mass is 10.1. The summed E-state index contributed by atoms with van der Waals surface area (Å²) in [6, 6.07) is 8.81. The number of thioether (sulfide) groups is 1. The molecule has 2 N–H and O–H groups in total. The van der Waals surface area contributed by atoms with Crippen molar-refractivity contribution in [2.24, 2.45) is 5.73 Å². The van der Waals surface area contributed by atoms with E-state index < -0.39 is 0 Å². The molecule has 1 heterocycles. The maximum absolute atomic E-state index is 6.06. The number of benzene rings is 1. The molecule has 0 bridgehead atoms. The summed E-state index contributed by atoms with van der Waals surface area (Å²) in [6.45, 7) is 3.70. The van der Waals surface area contributed by atoms with Crippen LogP contribution in [0.4, 0.5) is 0 Å². The van der Waals surface area contributed by atoms with Gasteiger partial charge in [-0.1, -0.05) is 17.7 Å². The molecule has 2 unspecified atom stereocenters. The predicted octanol–water partition coefficient (Wildman–Crippen LogP) is 2.20. The summed E-state index contributed by atoms with van der Waals surface area (Å²) < 4.78 is 5.45. The van der Waals surface area contributed by atoms with Gasteiger partial charge >= 0.3 is 0 Å². The number of hydrogen-bond donors (Lipinski definition) is 1. The highest BCUT2D eigenvalue weighted by molar-refractivity contribution is 8.00. The van der Waals surface area contributed by atoms with Crippen molar-refractivity contribution in [2.75, 3.05) is 13.2 Å². The minimum absolute atomic E-state index is 0.268. The number of hydrogen-bond acceptors (Lipinski definition) is 3. The number of nitrogens with two attached hydrogens (primary N) is 1. The second-order valence-electron chi connectivity index (χ2n) is 4.00. The normalized spacial score (nSPS) is 26.5. The van der Waals surface area contributed by atoms with Crippen LogP contribution in [-0.4, -0.2) is 24.5 Å². The van der Waals surface area contributed by atoms with E-state index in [9.17, 15) is 0 Å². The smallest absolute Gasteiger partial charge is 0.0603 e. The second-order valence-corrected chi connectivity index (χ2v) is 5.31. The van der Waals surface area contributed by atoms with Crippen molar-refractivity contribution in [3.8, 4) is 0 Å². The van der Waals surface area contributed by atoms with Crippen molar-refractivity contribution in [1.29, 1.82) is 0 Å². The molecule has 1 aromatic rings. The average molecular weight is 223 g/mol. The molecule has 1 aliphatic heterocycles. The first-order valence-corrected chi connectivity index (χ1v) is 6.20. The second kappa shape index (κ2) is 5.01. The Morgan fingerprint density at radius 3 is 3.07 bits per heavy atom. The lowest BCUT2D eigenvalue weighted by Crippen LogP contribution is -2.40. The zero-order chi connectivity index (χ0) is 10.7. The lowest BCUT2D eigenvalue weighted by molar-refractivity contribution is 0.0916. The molecule has 0 amide bonds. The summed E-state index contributed by atoms with van der Waals surface area (Å²) in [7, 11) is 0. The van der Waals surface area contributed by atoms with E-state index in [1.807, 2.05) is 11.8 Å². The third kappa shape index (κ3) is 2.97. The lowest BCUT2D eigenvalue weighted by Gasteiger charge is -2.28. The fourth-order valence-electron chi connectivity index (χ4n) is 1.71. The van der Waals surface area contributed by atoms with Gasteiger partial charge in [-0.15, -0.1) is 11.8 Å². The summed E-state index contributed by atoms with van der Waals surface area (Å²) in [6.07, 6.45) is 0.976. The molecule has 1 aliphatic rings. The van der Waals surface area contributed by atoms with Gasteiger partial charge in [0.1, 0.15) is 0 Å². The van der Waals surface area contributed by atoms with E-state index in [-0.39, 0.29) is 6.04 Å². The van der Waals surface area contributed by atoms with Gasteiger partial charge in [0.05, 0.1) is 6.61 Å². The van der Waals surface area contributed by atoms with Crippen molar-refractivity contribution in [2.45, 2.75) is 29.5 Å². The molecule has 0 aromatic heterocycles. The van der Waals surface area contributed by atoms with E-state index in [0.29, 0.717) is 5.25 Å². The number of aryl methyl sites for hydroxylation is 1. The van der Waals surface area contributed by atoms with Crippen molar-refractivity contribution in [3.63, 3.8) is 0 Å². The monoisotopic (exact) mass is 223 g/mol. The molecule has 15 heavy (non-hydrogen) atoms. The Bertz CT molecular complexity index is 329. The molecule has 2 rings (SSSR count). The molecule has 0 spiro atoms. The van der Waals surface area contributed by atoms with Gasteiger partial charge in [0, 0.05) is 22.8 Å². The Morgan fingerprint density at radius 1 is 1.47 bits per heavy atom. The summed E-state index contributed by atoms with van der Waals surface area (Å²) >= 11 is 1.84. The SMILES string of the molecule is Cc1cccc(SC2COCCC2N)c1. The fraction of sp³-hybridized carbons (Fsp3) is 0.500. The van der Waals surface area contributed by atoms with E-state index in [2.05, 4.69) is 31.2 Å². The zero-order valence-electron chi connectivity index (χ0n) is 8.98. The van der Waals surface area contributed by atoms with E-state index in [4.69, 9.17) is 10.5 Å². The van der Waals surface area contributed by atoms with Gasteiger partial charge in [0.15, 0.2) is 0 Å². The molecule has 2 atom stereocenters. The Morgan fingerprint density at radius 2 is 2.33 bits per heavy atom. The quantitative estimate of drug-likeness (QED) is 0.835. The Labute approximate surface area is 95.2 Å². The van der Waals surface area contributed by atoms with Gasteiger partial charge in [0.2, 0.25) is 0 Å². The van der Waals surface area contributed by atoms with Crippen LogP contribution in [0.2, 0.25) is 0 Å². The van der Waals surface area contributed by atoms with E-state index in [0.717, 1.165) is 19.6 Å². The summed E-state index contributed by atoms with van der Waals surface area (Å²) in [5.74, 6) is 0. The summed E-state index contributed by atoms with van der Waals surface area (Å²) in [5.41, 5.74) is 7.36. The summed E-state index contributed by atoms with van der Waals surface area (Å²) in [5, 5.41) is 0.403. The highest BCUT2D eigenvalue weighted by Gasteiger charge is 2.23. The first-order valence-electron chi connectivity index (χ1n) is 5.32. The summed E-state index contributed by atoms with van der Waals surface area (Å²) in [4.78, 5) is 1.29. The van der Waals surface area contributed by atoms with Crippen LogP contribution < -0.4 is 5.73 Å². The minimum atomic E-state index is 0.268. The van der Waals surface area contributed by atoms with E-state index >= 15 is 0 Å². The van der Waals surface area contributed by atoms with Gasteiger partial charge < -0.3 is 10.5 Å². The predicted molar refractivity (Wildman–Crippen MR) is 64.2 cm³/mol. The van der Waals surface area contributed by atoms with Crippen molar-refractivity contribution >= 4 is 11.8 Å². The van der Waals surface area contributed by atoms with Crippen molar-refractivity contribution < 1.29 is 4.74 Å². The maximum Gasteiger partial charge on any atom is 0.0603 e. The van der Waals surface area contributed by atoms with Crippen LogP contribution in [0.25, 0.3) is 0 Å². The van der Waals surface area contributed by atoms with Gasteiger partial charge in [0.25, 0.3) is 0 Å². The van der Waals surface area contributed by atoms with Gasteiger partial charge in [-0.3, -0.25) is 0 Å². The highest BCUT2D eigenvalue weighted by Crippen LogP contribution is 2.28. The largest absolute Gasteiger partial charge is 0.380 e. The molecule has 1 fully saturated rings. The van der Waals surface area contributed by atoms with E-state index in [1.165, 1.54) is 10.5 Å². The molecular formula is C12H17NOS. The third-order valence-electron chi connectivity index (χ3n) is 2.63. The molecule has 1 saturated heterocycles. The molecule has 82 valence electrons. The van der Waals surface area contributed by atoms with Crippen LogP contribution in [0.5, 0.6) is 0 Å². The Hall–Kier alpha value is -0.510. The van der Waals surface area contributed by atoms with Gasteiger partial charge in [-0.05, 0) is 25.5 Å².